The topological polar surface area (TPSA) is 80.0 Å². The Balaban J connectivity index is 1.78. The van der Waals surface area contributed by atoms with Crippen molar-refractivity contribution in [3.8, 4) is 11.6 Å². The Labute approximate surface area is 150 Å². The van der Waals surface area contributed by atoms with Gasteiger partial charge < -0.3 is 20.0 Å². The van der Waals surface area contributed by atoms with Crippen LogP contribution < -0.4 is 20.6 Å². The highest BCUT2D eigenvalue weighted by Gasteiger charge is 2.08. The van der Waals surface area contributed by atoms with Gasteiger partial charge in [0.05, 0.1) is 12.7 Å². The number of pyridine rings is 1. The van der Waals surface area contributed by atoms with E-state index in [0.29, 0.717) is 17.1 Å². The van der Waals surface area contributed by atoms with Crippen molar-refractivity contribution in [2.45, 2.75) is 0 Å². The van der Waals surface area contributed by atoms with E-state index in [1.807, 2.05) is 12.3 Å². The van der Waals surface area contributed by atoms with Crippen LogP contribution in [0.1, 0.15) is 10.4 Å². The maximum atomic E-state index is 12.3. The Hall–Kier alpha value is -3.67. The number of nitrogens with one attached hydrogen (secondary N) is 2. The molecule has 1 amide bonds. The number of amides is 1. The van der Waals surface area contributed by atoms with Crippen molar-refractivity contribution in [1.29, 1.82) is 5.41 Å². The van der Waals surface area contributed by atoms with Crippen molar-refractivity contribution in [2.75, 3.05) is 12.4 Å². The molecule has 0 aliphatic heterocycles. The number of ether oxygens (including phenoxy) is 1. The molecule has 2 heterocycles. The number of benzene rings is 1. The van der Waals surface area contributed by atoms with Crippen molar-refractivity contribution in [3.63, 3.8) is 0 Å². The largest absolute Gasteiger partial charge is 0.497 e. The zero-order valence-electron chi connectivity index (χ0n) is 14.3. The molecule has 26 heavy (non-hydrogen) atoms. The third kappa shape index (κ3) is 3.54. The summed E-state index contributed by atoms with van der Waals surface area (Å²) in [4.78, 5) is 16.7. The summed E-state index contributed by atoms with van der Waals surface area (Å²) < 4.78 is 6.90. The smallest absolute Gasteiger partial charge is 0.257 e. The van der Waals surface area contributed by atoms with Gasteiger partial charge in [0.2, 0.25) is 0 Å². The minimum absolute atomic E-state index is 0.241. The van der Waals surface area contributed by atoms with E-state index in [0.717, 1.165) is 16.3 Å². The van der Waals surface area contributed by atoms with E-state index in [9.17, 15) is 4.79 Å². The molecule has 0 aliphatic carbocycles. The summed E-state index contributed by atoms with van der Waals surface area (Å²) in [6.45, 7) is 4.00. The van der Waals surface area contributed by atoms with Crippen LogP contribution in [0.2, 0.25) is 0 Å². The fourth-order valence-electron chi connectivity index (χ4n) is 2.48. The number of hydrogen-bond acceptors (Lipinski definition) is 4. The van der Waals surface area contributed by atoms with Crippen molar-refractivity contribution in [2.24, 2.45) is 0 Å². The van der Waals surface area contributed by atoms with Gasteiger partial charge in [-0.3, -0.25) is 4.79 Å². The number of hydrogen-bond donors (Lipinski definition) is 2. The zero-order valence-corrected chi connectivity index (χ0v) is 14.3. The number of methoxy groups -OCH3 is 1. The van der Waals surface area contributed by atoms with E-state index < -0.39 is 0 Å². The number of carbonyl (C=O) groups is 1. The molecule has 0 fully saturated rings. The van der Waals surface area contributed by atoms with Crippen LogP contribution in [0.25, 0.3) is 18.5 Å². The third-order valence-corrected chi connectivity index (χ3v) is 3.89. The molecule has 6 nitrogen and oxygen atoms in total. The minimum atomic E-state index is -0.241. The molecule has 0 bridgehead atoms. The van der Waals surface area contributed by atoms with Crippen molar-refractivity contribution >= 4 is 30.5 Å². The highest BCUT2D eigenvalue weighted by Crippen LogP contribution is 2.16. The molecule has 0 saturated carbocycles. The van der Waals surface area contributed by atoms with Crippen LogP contribution in [0.5, 0.6) is 5.75 Å². The predicted octanol–water partition coefficient (Wildman–Crippen LogP) is 1.97. The first-order valence-electron chi connectivity index (χ1n) is 7.91. The average Bonchev–Trinajstić information content (AvgIpc) is 3.03. The lowest BCUT2D eigenvalue weighted by atomic mass is 10.2. The zero-order chi connectivity index (χ0) is 18.5. The summed E-state index contributed by atoms with van der Waals surface area (Å²) in [5.41, 5.74) is 1.13. The molecular weight excluding hydrogens is 328 g/mol. The second-order valence-electron chi connectivity index (χ2n) is 5.51. The highest BCUT2D eigenvalue weighted by atomic mass is 16.5. The molecule has 130 valence electrons. The normalized spacial score (nSPS) is 11.2. The van der Waals surface area contributed by atoms with Crippen molar-refractivity contribution in [3.05, 3.63) is 71.0 Å². The van der Waals surface area contributed by atoms with E-state index in [2.05, 4.69) is 16.9 Å². The fourth-order valence-corrected chi connectivity index (χ4v) is 2.48. The predicted molar refractivity (Wildman–Crippen MR) is 103 cm³/mol. The lowest BCUT2D eigenvalue weighted by Crippen LogP contribution is -2.26. The van der Waals surface area contributed by atoms with Gasteiger partial charge in [0.15, 0.2) is 0 Å². The summed E-state index contributed by atoms with van der Waals surface area (Å²) in [5.74, 6) is 1.14. The number of anilines is 1. The Morgan fingerprint density at radius 3 is 2.62 bits per heavy atom. The van der Waals surface area contributed by atoms with E-state index >= 15 is 0 Å². The minimum Gasteiger partial charge on any atom is -0.497 e. The first-order chi connectivity index (χ1) is 12.6. The molecule has 3 aromatic rings. The van der Waals surface area contributed by atoms with Crippen molar-refractivity contribution in [1.82, 2.24) is 9.55 Å². The van der Waals surface area contributed by atoms with Crippen LogP contribution in [0.15, 0.2) is 54.9 Å². The van der Waals surface area contributed by atoms with Gasteiger partial charge in [0, 0.05) is 34.9 Å². The van der Waals surface area contributed by atoms with Crippen LogP contribution in [-0.4, -0.2) is 28.8 Å². The maximum absolute atomic E-state index is 12.3. The number of carbonyl (C=O) groups excluding carboxylic acids is 1. The van der Waals surface area contributed by atoms with Gasteiger partial charge in [-0.25, -0.2) is 4.98 Å². The molecule has 0 saturated heterocycles. The molecule has 1 aromatic carbocycles. The Morgan fingerprint density at radius 1 is 1.23 bits per heavy atom. The summed E-state index contributed by atoms with van der Waals surface area (Å²) in [5, 5.41) is 11.6. The molecule has 6 heteroatoms. The average molecular weight is 346 g/mol. The number of nitrogens with zero attached hydrogens (tertiary/aromatic N) is 2. The van der Waals surface area contributed by atoms with Gasteiger partial charge in [-0.05, 0) is 48.5 Å². The molecule has 3 rings (SSSR count). The summed E-state index contributed by atoms with van der Waals surface area (Å²) in [7, 11) is 1.59. The third-order valence-electron chi connectivity index (χ3n) is 3.89. The first-order valence-corrected chi connectivity index (χ1v) is 7.91. The van der Waals surface area contributed by atoms with Crippen LogP contribution in [0, 0.1) is 5.41 Å². The lowest BCUT2D eigenvalue weighted by molar-refractivity contribution is 0.102. The van der Waals surface area contributed by atoms with Gasteiger partial charge >= 0.3 is 0 Å². The molecule has 0 unspecified atom stereocenters. The molecule has 0 aliphatic rings. The van der Waals surface area contributed by atoms with Gasteiger partial charge in [0.25, 0.3) is 5.91 Å². The molecule has 2 N–H and O–H groups in total. The van der Waals surface area contributed by atoms with E-state index in [-0.39, 0.29) is 5.91 Å². The monoisotopic (exact) mass is 346 g/mol. The molecule has 0 spiro atoms. The van der Waals surface area contributed by atoms with E-state index in [1.54, 1.807) is 54.2 Å². The Morgan fingerprint density at radius 2 is 2.00 bits per heavy atom. The molecular formula is C20H18N4O2. The number of aromatic nitrogens is 2. The highest BCUT2D eigenvalue weighted by molar-refractivity contribution is 6.04. The Kier molecular flexibility index (Phi) is 4.94. The SMILES string of the molecule is C=c1/c(=C\C=N)ccn1-c1ccc(C(=O)Nc2ccc(OC)cc2)cn1. The fraction of sp³-hybridized carbons (Fsp3) is 0.0500. The summed E-state index contributed by atoms with van der Waals surface area (Å²) in [6.07, 6.45) is 6.23. The van der Waals surface area contributed by atoms with Crippen LogP contribution >= 0.6 is 0 Å². The first kappa shape index (κ1) is 17.2. The van der Waals surface area contributed by atoms with Gasteiger partial charge in [-0.2, -0.15) is 0 Å². The van der Waals surface area contributed by atoms with E-state index in [4.69, 9.17) is 10.1 Å². The molecule has 0 radical (unpaired) electrons. The number of rotatable bonds is 5. The van der Waals surface area contributed by atoms with E-state index in [1.165, 1.54) is 12.4 Å². The van der Waals surface area contributed by atoms with Crippen LogP contribution in [0.3, 0.4) is 0 Å². The summed E-state index contributed by atoms with van der Waals surface area (Å²) >= 11 is 0. The lowest BCUT2D eigenvalue weighted by Gasteiger charge is -2.07. The van der Waals surface area contributed by atoms with Crippen LogP contribution in [-0.2, 0) is 0 Å². The van der Waals surface area contributed by atoms with Crippen molar-refractivity contribution < 1.29 is 9.53 Å². The summed E-state index contributed by atoms with van der Waals surface area (Å²) in [6, 6.07) is 12.4. The second-order valence-corrected chi connectivity index (χ2v) is 5.51. The van der Waals surface area contributed by atoms with Crippen LogP contribution in [0.4, 0.5) is 5.69 Å². The van der Waals surface area contributed by atoms with Gasteiger partial charge in [0.1, 0.15) is 11.6 Å². The standard InChI is InChI=1S/C20H18N4O2/c1-14-15(9-11-21)10-12-24(14)19-8-3-16(13-22-19)20(25)23-17-4-6-18(26-2)7-5-17/h3-13,21H,1H2,2H3,(H,23,25)/b15-9-,21-11?. The molecule has 0 atom stereocenters. The Bertz CT molecular complexity index is 1030. The second kappa shape index (κ2) is 7.48. The van der Waals surface area contributed by atoms with Gasteiger partial charge in [-0.1, -0.05) is 6.58 Å². The molecule has 2 aromatic heterocycles. The quantitative estimate of drug-likeness (QED) is 0.693. The maximum Gasteiger partial charge on any atom is 0.257 e. The van der Waals surface area contributed by atoms with Gasteiger partial charge in [-0.15, -0.1) is 0 Å².